The van der Waals surface area contributed by atoms with E-state index in [0.717, 1.165) is 0 Å². The van der Waals surface area contributed by atoms with E-state index in [1.54, 1.807) is 32.8 Å². The van der Waals surface area contributed by atoms with Crippen LogP contribution in [0.15, 0.2) is 21.1 Å². The van der Waals surface area contributed by atoms with Gasteiger partial charge in [0.05, 0.1) is 24.6 Å². The van der Waals surface area contributed by atoms with E-state index in [-0.39, 0.29) is 49.7 Å². The minimum atomic E-state index is -4.94. The quantitative estimate of drug-likeness (QED) is 0.0215. The lowest BCUT2D eigenvalue weighted by Crippen LogP contribution is -2.44. The number of rotatable bonds is 16. The van der Waals surface area contributed by atoms with Crippen LogP contribution in [0.25, 0.3) is 10.4 Å². The fourth-order valence-electron chi connectivity index (χ4n) is 3.75. The van der Waals surface area contributed by atoms with Crippen molar-refractivity contribution in [2.24, 2.45) is 10.1 Å². The highest BCUT2D eigenvalue weighted by molar-refractivity contribution is 8.77. The number of aliphatic imine (C=N–C) groups is 1. The molecule has 0 bridgehead atoms. The largest absolute Gasteiger partial charge is 0.471 e. The Balaban J connectivity index is 2.17. The van der Waals surface area contributed by atoms with Crippen LogP contribution in [0.5, 0.6) is 0 Å². The number of nitrogens with one attached hydrogen (secondary N) is 1. The van der Waals surface area contributed by atoms with Crippen molar-refractivity contribution in [1.29, 1.82) is 0 Å². The Morgan fingerprint density at radius 3 is 2.61 bits per heavy atom. The molecule has 2 heterocycles. The van der Waals surface area contributed by atoms with Crippen molar-refractivity contribution in [3.05, 3.63) is 32.7 Å². The summed E-state index contributed by atoms with van der Waals surface area (Å²) in [4.78, 5) is 37.2. The predicted octanol–water partition coefficient (Wildman–Crippen LogP) is 5.59. The molecule has 1 unspecified atom stereocenters. The normalized spacial score (nSPS) is 18.6. The van der Waals surface area contributed by atoms with Crippen LogP contribution in [0.4, 0.5) is 19.0 Å². The first-order valence-corrected chi connectivity index (χ1v) is 20.4. The molecule has 0 spiro atoms. The van der Waals surface area contributed by atoms with E-state index in [4.69, 9.17) is 24.2 Å². The molecule has 1 N–H and O–H groups in total. The van der Waals surface area contributed by atoms with E-state index in [2.05, 4.69) is 65.7 Å². The lowest BCUT2D eigenvalue weighted by Gasteiger charge is -2.37. The van der Waals surface area contributed by atoms with Gasteiger partial charge < -0.3 is 28.9 Å². The second-order valence-corrected chi connectivity index (χ2v) is 21.0. The van der Waals surface area contributed by atoms with Gasteiger partial charge in [-0.25, -0.2) is 9.79 Å². The highest BCUT2D eigenvalue weighted by atomic mass is 33.1. The molecular formula is C29H45F3N8O6S2Si. The molecule has 1 aliphatic heterocycles. The van der Waals surface area contributed by atoms with Crippen molar-refractivity contribution in [1.82, 2.24) is 19.8 Å². The summed E-state index contributed by atoms with van der Waals surface area (Å²) in [5, 5.41) is 5.31. The molecule has 3 atom stereocenters. The fraction of sp³-hybridized carbons (Fsp3) is 0.724. The molecule has 0 aromatic carbocycles. The van der Waals surface area contributed by atoms with Crippen LogP contribution >= 0.6 is 21.6 Å². The topological polar surface area (TPSA) is 165 Å². The fourth-order valence-corrected chi connectivity index (χ4v) is 6.89. The van der Waals surface area contributed by atoms with Crippen LogP contribution in [0, 0.1) is 11.8 Å². The minimum absolute atomic E-state index is 0.00310. The van der Waals surface area contributed by atoms with E-state index in [0.29, 0.717) is 5.56 Å². The zero-order valence-corrected chi connectivity index (χ0v) is 31.8. The molecule has 20 heteroatoms. The number of hydrogen-bond donors (Lipinski definition) is 1. The molecule has 1 aliphatic rings. The smallest absolute Gasteiger partial charge is 0.414 e. The van der Waals surface area contributed by atoms with Crippen LogP contribution in [-0.2, 0) is 23.4 Å². The van der Waals surface area contributed by atoms with Crippen LogP contribution in [0.3, 0.4) is 0 Å². The second kappa shape index (κ2) is 18.5. The first kappa shape index (κ1) is 42.4. The summed E-state index contributed by atoms with van der Waals surface area (Å²) < 4.78 is 62.0. The highest BCUT2D eigenvalue weighted by Gasteiger charge is 2.42. The maximum Gasteiger partial charge on any atom is 0.471 e. The average molecular weight is 751 g/mol. The highest BCUT2D eigenvalue weighted by Crippen LogP contribution is 2.38. The van der Waals surface area contributed by atoms with Crippen LogP contribution in [0.2, 0.25) is 18.1 Å². The number of hydrogen-bond acceptors (Lipinski definition) is 11. The Kier molecular flexibility index (Phi) is 16.0. The molecule has 14 nitrogen and oxygen atoms in total. The van der Waals surface area contributed by atoms with Gasteiger partial charge in [0.2, 0.25) is 0 Å². The standard InChI is InChI=1S/C29H45F3N8O6S2Si/c1-27(2,3)49(8,9)45-15-22-21(44-18-36-38-33)13-23(46-22)40-14-20(24(37-26(40)42)35-17-39(6)7)11-10-12-43-19-47-48-28(4,5)16-34-25(41)29(30,31)32/h14,17,21-23H,12-13,15-16,18-19H2,1-9H3,(H,34,41)/b35-17+/t21?,22-,23-/m1/s1. The Morgan fingerprint density at radius 1 is 1.31 bits per heavy atom. The third-order valence-corrected chi connectivity index (χ3v) is 14.9. The summed E-state index contributed by atoms with van der Waals surface area (Å²) in [7, 11) is 3.91. The number of ether oxygens (including phenoxy) is 3. The van der Waals surface area contributed by atoms with Crippen molar-refractivity contribution < 1.29 is 36.6 Å². The predicted molar refractivity (Wildman–Crippen MR) is 187 cm³/mol. The van der Waals surface area contributed by atoms with Gasteiger partial charge >= 0.3 is 17.8 Å². The number of amides is 1. The van der Waals surface area contributed by atoms with Gasteiger partial charge in [-0.1, -0.05) is 59.3 Å². The summed E-state index contributed by atoms with van der Waals surface area (Å²) in [5.41, 5.74) is 8.44. The van der Waals surface area contributed by atoms with Gasteiger partial charge in [0, 0.05) is 42.9 Å². The van der Waals surface area contributed by atoms with Gasteiger partial charge in [0.1, 0.15) is 31.6 Å². The van der Waals surface area contributed by atoms with E-state index in [1.807, 2.05) is 5.32 Å². The molecule has 0 saturated carbocycles. The van der Waals surface area contributed by atoms with E-state index in [1.165, 1.54) is 38.7 Å². The maximum absolute atomic E-state index is 13.2. The molecule has 0 aliphatic carbocycles. The molecule has 0 radical (unpaired) electrons. The van der Waals surface area contributed by atoms with E-state index >= 15 is 0 Å². The van der Waals surface area contributed by atoms with E-state index in [9.17, 15) is 22.8 Å². The van der Waals surface area contributed by atoms with Gasteiger partial charge in [-0.15, -0.1) is 0 Å². The number of carbonyl (C=O) groups is 1. The summed E-state index contributed by atoms with van der Waals surface area (Å²) >= 11 is 0. The number of carbonyl (C=O) groups excluding carboxylic acids is 1. The molecule has 274 valence electrons. The molecule has 49 heavy (non-hydrogen) atoms. The molecule has 1 aromatic rings. The zero-order valence-electron chi connectivity index (χ0n) is 29.2. The first-order chi connectivity index (χ1) is 22.7. The lowest BCUT2D eigenvalue weighted by molar-refractivity contribution is -0.173. The van der Waals surface area contributed by atoms with Gasteiger partial charge in [0.15, 0.2) is 14.1 Å². The zero-order chi connectivity index (χ0) is 37.0. The van der Waals surface area contributed by atoms with Gasteiger partial charge in [-0.2, -0.15) is 18.2 Å². The summed E-state index contributed by atoms with van der Waals surface area (Å²) in [6, 6.07) is 0. The SMILES string of the molecule is CN(C)/C=N/c1nc(=O)n([C@H]2CC(OCN=[N+]=[N-])[C@@H](CO[Si](C)(C)C(C)(C)C)O2)cc1C#CCOCSSC(C)(C)CNC(=O)C(F)(F)F. The Hall–Kier alpha value is -2.76. The molecule has 1 aromatic heterocycles. The Labute approximate surface area is 293 Å². The molecule has 1 saturated heterocycles. The Bertz CT molecular complexity index is 1470. The molecular weight excluding hydrogens is 706 g/mol. The summed E-state index contributed by atoms with van der Waals surface area (Å²) in [5.74, 6) is 4.11. The average Bonchev–Trinajstić information content (AvgIpc) is 3.39. The number of nitrogens with zero attached hydrogens (tertiary/aromatic N) is 7. The molecule has 1 fully saturated rings. The molecule has 2 rings (SSSR count). The third-order valence-electron chi connectivity index (χ3n) is 7.40. The van der Waals surface area contributed by atoms with Crippen molar-refractivity contribution in [2.45, 2.75) is 88.5 Å². The van der Waals surface area contributed by atoms with Gasteiger partial charge in [-0.05, 0) is 37.5 Å². The van der Waals surface area contributed by atoms with Crippen LogP contribution in [0.1, 0.15) is 52.8 Å². The van der Waals surface area contributed by atoms with Crippen molar-refractivity contribution in [3.8, 4) is 11.8 Å². The summed E-state index contributed by atoms with van der Waals surface area (Å²) in [6.45, 7) is 13.8. The van der Waals surface area contributed by atoms with Crippen molar-refractivity contribution in [2.75, 3.05) is 46.5 Å². The van der Waals surface area contributed by atoms with Crippen molar-refractivity contribution in [3.63, 3.8) is 0 Å². The van der Waals surface area contributed by atoms with Crippen molar-refractivity contribution >= 4 is 48.0 Å². The maximum atomic E-state index is 13.2. The van der Waals surface area contributed by atoms with Gasteiger partial charge in [-0.3, -0.25) is 9.36 Å². The van der Waals surface area contributed by atoms with Gasteiger partial charge in [0.25, 0.3) is 0 Å². The minimum Gasteiger partial charge on any atom is -0.414 e. The lowest BCUT2D eigenvalue weighted by atomic mass is 10.2. The number of aromatic nitrogens is 2. The third kappa shape index (κ3) is 14.2. The second-order valence-electron chi connectivity index (χ2n) is 13.3. The summed E-state index contributed by atoms with van der Waals surface area (Å²) in [6.07, 6.45) is -3.52. The van der Waals surface area contributed by atoms with E-state index < -0.39 is 49.3 Å². The first-order valence-electron chi connectivity index (χ1n) is 15.1. The molecule has 1 amide bonds. The number of halogens is 3. The van der Waals surface area contributed by atoms with Crippen LogP contribution < -0.4 is 11.0 Å². The Morgan fingerprint density at radius 2 is 2.00 bits per heavy atom. The monoisotopic (exact) mass is 750 g/mol. The number of alkyl halides is 3. The number of azide groups is 1. The van der Waals surface area contributed by atoms with Crippen LogP contribution in [-0.4, -0.2) is 105 Å².